The van der Waals surface area contributed by atoms with E-state index in [4.69, 9.17) is 0 Å². The van der Waals surface area contributed by atoms with Crippen molar-refractivity contribution in [2.45, 2.75) is 34.1 Å². The first-order valence-electron chi connectivity index (χ1n) is 9.30. The molecule has 0 spiro atoms. The van der Waals surface area contributed by atoms with Crippen LogP contribution in [0.15, 0.2) is 53.6 Å². The summed E-state index contributed by atoms with van der Waals surface area (Å²) in [4.78, 5) is 25.9. The Morgan fingerprint density at radius 3 is 2.43 bits per heavy atom. The van der Waals surface area contributed by atoms with E-state index in [0.29, 0.717) is 22.7 Å². The zero-order valence-electron chi connectivity index (χ0n) is 16.5. The topological polar surface area (TPSA) is 75.9 Å². The number of aromatic amines is 1. The quantitative estimate of drug-likeness (QED) is 0.588. The van der Waals surface area contributed by atoms with E-state index in [9.17, 15) is 4.79 Å². The first kappa shape index (κ1) is 18.1. The van der Waals surface area contributed by atoms with Gasteiger partial charge in [0.25, 0.3) is 5.56 Å². The summed E-state index contributed by atoms with van der Waals surface area (Å²) in [6.07, 6.45) is 4.28. The van der Waals surface area contributed by atoms with Gasteiger partial charge in [-0.2, -0.15) is 0 Å². The Bertz CT molecular complexity index is 1200. The highest BCUT2D eigenvalue weighted by molar-refractivity contribution is 5.66. The smallest absolute Gasteiger partial charge is 0.273 e. The Kier molecular flexibility index (Phi) is 4.34. The fourth-order valence-corrected chi connectivity index (χ4v) is 3.34. The molecule has 1 aromatic carbocycles. The summed E-state index contributed by atoms with van der Waals surface area (Å²) in [6.45, 7) is 8.55. The van der Waals surface area contributed by atoms with Crippen molar-refractivity contribution in [2.75, 3.05) is 0 Å². The monoisotopic (exact) mass is 373 g/mol. The van der Waals surface area contributed by atoms with Gasteiger partial charge < -0.3 is 0 Å². The largest absolute Gasteiger partial charge is 0.287 e. The van der Waals surface area contributed by atoms with Crippen LogP contribution in [-0.2, 0) is 6.42 Å². The standard InChI is InChI=1S/C22H23N5O/c1-14-21(24-10-9-23-14)18-11-19-25-17(12-20(28)27(19)26-18)16-7-5-15(6-8-16)13-22(2,3)4/h5-12,26H,13H2,1-4H3. The fourth-order valence-electron chi connectivity index (χ4n) is 3.34. The molecule has 28 heavy (non-hydrogen) atoms. The van der Waals surface area contributed by atoms with Crippen molar-refractivity contribution in [1.29, 1.82) is 0 Å². The summed E-state index contributed by atoms with van der Waals surface area (Å²) >= 11 is 0. The summed E-state index contributed by atoms with van der Waals surface area (Å²) in [5, 5.41) is 3.07. The first-order valence-corrected chi connectivity index (χ1v) is 9.30. The molecule has 0 radical (unpaired) electrons. The van der Waals surface area contributed by atoms with Crippen molar-refractivity contribution in [3.05, 3.63) is 70.4 Å². The van der Waals surface area contributed by atoms with Crippen LogP contribution in [0.3, 0.4) is 0 Å². The van der Waals surface area contributed by atoms with E-state index in [2.05, 4.69) is 53.0 Å². The number of rotatable bonds is 3. The molecule has 0 saturated heterocycles. The van der Waals surface area contributed by atoms with Gasteiger partial charge in [-0.25, -0.2) is 9.50 Å². The molecule has 3 aromatic heterocycles. The Morgan fingerprint density at radius 2 is 1.75 bits per heavy atom. The molecule has 0 saturated carbocycles. The molecule has 6 heteroatoms. The lowest BCUT2D eigenvalue weighted by Crippen LogP contribution is -2.14. The molecular weight excluding hydrogens is 350 g/mol. The number of aromatic nitrogens is 5. The lowest BCUT2D eigenvalue weighted by atomic mass is 9.88. The third-order valence-electron chi connectivity index (χ3n) is 4.57. The third kappa shape index (κ3) is 3.58. The van der Waals surface area contributed by atoms with Crippen molar-refractivity contribution >= 4 is 5.65 Å². The van der Waals surface area contributed by atoms with Gasteiger partial charge in [-0.1, -0.05) is 45.0 Å². The van der Waals surface area contributed by atoms with E-state index in [1.54, 1.807) is 18.5 Å². The third-order valence-corrected chi connectivity index (χ3v) is 4.57. The van der Waals surface area contributed by atoms with Crippen LogP contribution in [0.25, 0.3) is 28.3 Å². The molecule has 0 amide bonds. The van der Waals surface area contributed by atoms with Crippen LogP contribution in [0, 0.1) is 12.3 Å². The van der Waals surface area contributed by atoms with Crippen molar-refractivity contribution < 1.29 is 0 Å². The SMILES string of the molecule is Cc1nccnc1-c1cc2nc(-c3ccc(CC(C)(C)C)cc3)cc(=O)n2[nH]1. The molecule has 6 nitrogen and oxygen atoms in total. The van der Waals surface area contributed by atoms with Gasteiger partial charge in [0.15, 0.2) is 5.65 Å². The molecule has 0 unspecified atom stereocenters. The minimum Gasteiger partial charge on any atom is -0.287 e. The predicted octanol–water partition coefficient (Wildman–Crippen LogP) is 4.04. The van der Waals surface area contributed by atoms with E-state index in [-0.39, 0.29) is 11.0 Å². The average molecular weight is 373 g/mol. The van der Waals surface area contributed by atoms with E-state index in [0.717, 1.165) is 17.7 Å². The fraction of sp³-hybridized carbons (Fsp3) is 0.273. The molecule has 4 aromatic rings. The van der Waals surface area contributed by atoms with Gasteiger partial charge in [0.1, 0.15) is 5.69 Å². The van der Waals surface area contributed by atoms with Crippen LogP contribution in [0.2, 0.25) is 0 Å². The van der Waals surface area contributed by atoms with Gasteiger partial charge in [-0.3, -0.25) is 19.9 Å². The molecule has 0 atom stereocenters. The van der Waals surface area contributed by atoms with Crippen LogP contribution in [0.1, 0.15) is 32.0 Å². The summed E-state index contributed by atoms with van der Waals surface area (Å²) in [5.41, 5.74) is 5.70. The second-order valence-corrected chi connectivity index (χ2v) is 8.27. The molecule has 0 fully saturated rings. The number of aryl methyl sites for hydroxylation is 1. The highest BCUT2D eigenvalue weighted by atomic mass is 16.1. The van der Waals surface area contributed by atoms with E-state index in [1.165, 1.54) is 10.1 Å². The van der Waals surface area contributed by atoms with E-state index in [1.807, 2.05) is 25.1 Å². The van der Waals surface area contributed by atoms with Crippen molar-refractivity contribution in [1.82, 2.24) is 24.6 Å². The molecule has 0 aliphatic carbocycles. The van der Waals surface area contributed by atoms with Crippen LogP contribution in [0.5, 0.6) is 0 Å². The van der Waals surface area contributed by atoms with Crippen molar-refractivity contribution in [3.8, 4) is 22.6 Å². The maximum absolute atomic E-state index is 12.6. The van der Waals surface area contributed by atoms with Crippen LogP contribution in [-0.4, -0.2) is 24.6 Å². The van der Waals surface area contributed by atoms with Crippen LogP contribution >= 0.6 is 0 Å². The summed E-state index contributed by atoms with van der Waals surface area (Å²) in [7, 11) is 0. The lowest BCUT2D eigenvalue weighted by Gasteiger charge is -2.18. The Hall–Kier alpha value is -3.28. The molecular formula is C22H23N5O. The number of hydrogen-bond acceptors (Lipinski definition) is 4. The highest BCUT2D eigenvalue weighted by Gasteiger charge is 2.13. The molecule has 0 aliphatic rings. The Balaban J connectivity index is 1.73. The predicted molar refractivity (Wildman–Crippen MR) is 110 cm³/mol. The van der Waals surface area contributed by atoms with Crippen LogP contribution in [0.4, 0.5) is 0 Å². The maximum Gasteiger partial charge on any atom is 0.273 e. The minimum atomic E-state index is -0.161. The van der Waals surface area contributed by atoms with Gasteiger partial charge >= 0.3 is 0 Å². The Labute approximate surface area is 163 Å². The second-order valence-electron chi connectivity index (χ2n) is 8.27. The second kappa shape index (κ2) is 6.71. The minimum absolute atomic E-state index is 0.161. The number of H-pyrrole nitrogens is 1. The summed E-state index contributed by atoms with van der Waals surface area (Å²) < 4.78 is 1.43. The number of fused-ring (bicyclic) bond motifs is 1. The van der Waals surface area contributed by atoms with Gasteiger partial charge in [0.05, 0.1) is 17.1 Å². The average Bonchev–Trinajstić information content (AvgIpc) is 3.06. The molecule has 4 rings (SSSR count). The number of nitrogens with one attached hydrogen (secondary N) is 1. The van der Waals surface area contributed by atoms with Crippen LogP contribution < -0.4 is 5.56 Å². The number of hydrogen-bond donors (Lipinski definition) is 1. The highest BCUT2D eigenvalue weighted by Crippen LogP contribution is 2.24. The molecule has 0 aliphatic heterocycles. The lowest BCUT2D eigenvalue weighted by molar-refractivity contribution is 0.411. The summed E-state index contributed by atoms with van der Waals surface area (Å²) in [5.74, 6) is 0. The summed E-state index contributed by atoms with van der Waals surface area (Å²) in [6, 6.07) is 11.6. The molecule has 0 bridgehead atoms. The molecule has 3 heterocycles. The number of nitrogens with zero attached hydrogens (tertiary/aromatic N) is 4. The Morgan fingerprint density at radius 1 is 1.04 bits per heavy atom. The van der Waals surface area contributed by atoms with E-state index < -0.39 is 0 Å². The maximum atomic E-state index is 12.6. The van der Waals surface area contributed by atoms with Gasteiger partial charge in [-0.05, 0) is 24.3 Å². The zero-order chi connectivity index (χ0) is 19.9. The van der Waals surface area contributed by atoms with Gasteiger partial charge in [0.2, 0.25) is 0 Å². The van der Waals surface area contributed by atoms with Crippen molar-refractivity contribution in [2.24, 2.45) is 5.41 Å². The van der Waals surface area contributed by atoms with E-state index >= 15 is 0 Å². The van der Waals surface area contributed by atoms with Gasteiger partial charge in [0, 0.05) is 30.1 Å². The molecule has 1 N–H and O–H groups in total. The number of benzene rings is 1. The zero-order valence-corrected chi connectivity index (χ0v) is 16.5. The van der Waals surface area contributed by atoms with Gasteiger partial charge in [-0.15, -0.1) is 0 Å². The first-order chi connectivity index (χ1) is 13.3. The normalized spacial score (nSPS) is 11.9. The molecule has 142 valence electrons. The van der Waals surface area contributed by atoms with Crippen molar-refractivity contribution in [3.63, 3.8) is 0 Å².